The highest BCUT2D eigenvalue weighted by Crippen LogP contribution is 2.33. The highest BCUT2D eigenvalue weighted by molar-refractivity contribution is 7.99. The van der Waals surface area contributed by atoms with E-state index in [-0.39, 0.29) is 10.8 Å². The summed E-state index contributed by atoms with van der Waals surface area (Å²) >= 11 is 1.78. The van der Waals surface area contributed by atoms with Crippen LogP contribution in [0, 0.1) is 6.92 Å². The quantitative estimate of drug-likeness (QED) is 0.833. The van der Waals surface area contributed by atoms with Gasteiger partial charge < -0.3 is 10.3 Å². The molecule has 0 saturated carbocycles. The fourth-order valence-electron chi connectivity index (χ4n) is 1.29. The van der Waals surface area contributed by atoms with Gasteiger partial charge in [-0.2, -0.15) is 11.8 Å². The van der Waals surface area contributed by atoms with Gasteiger partial charge >= 0.3 is 0 Å². The number of hydrogen-bond acceptors (Lipinski definition) is 3. The zero-order chi connectivity index (χ0) is 10.9. The SMILES string of the molecule is CSC(C)(C)C(N)c1cnc(C)n1C. The molecule has 0 aliphatic heterocycles. The molecule has 1 rings (SSSR count). The van der Waals surface area contributed by atoms with E-state index >= 15 is 0 Å². The molecule has 0 aromatic carbocycles. The van der Waals surface area contributed by atoms with Gasteiger partial charge in [-0.25, -0.2) is 4.98 Å². The molecule has 0 spiro atoms. The molecule has 1 aromatic heterocycles. The van der Waals surface area contributed by atoms with Crippen molar-refractivity contribution in [3.05, 3.63) is 17.7 Å². The Labute approximate surface area is 90.1 Å². The number of nitrogens with zero attached hydrogens (tertiary/aromatic N) is 2. The lowest BCUT2D eigenvalue weighted by atomic mass is 10.0. The Hall–Kier alpha value is -0.480. The van der Waals surface area contributed by atoms with Crippen molar-refractivity contribution in [2.24, 2.45) is 12.8 Å². The Kier molecular flexibility index (Phi) is 3.27. The third-order valence-electron chi connectivity index (χ3n) is 2.85. The molecular formula is C10H19N3S. The summed E-state index contributed by atoms with van der Waals surface area (Å²) in [6, 6.07) is 0.0173. The molecule has 1 unspecified atom stereocenters. The van der Waals surface area contributed by atoms with Gasteiger partial charge in [0, 0.05) is 11.8 Å². The molecule has 14 heavy (non-hydrogen) atoms. The van der Waals surface area contributed by atoms with Gasteiger partial charge in [-0.05, 0) is 27.0 Å². The maximum Gasteiger partial charge on any atom is 0.105 e. The van der Waals surface area contributed by atoms with Crippen LogP contribution in [0.4, 0.5) is 0 Å². The molecule has 0 saturated heterocycles. The van der Waals surface area contributed by atoms with Crippen LogP contribution in [-0.2, 0) is 7.05 Å². The van der Waals surface area contributed by atoms with Crippen LogP contribution in [0.5, 0.6) is 0 Å². The fraction of sp³-hybridized carbons (Fsp3) is 0.700. The number of nitrogens with two attached hydrogens (primary N) is 1. The van der Waals surface area contributed by atoms with Crippen LogP contribution >= 0.6 is 11.8 Å². The molecule has 0 radical (unpaired) electrons. The maximum absolute atomic E-state index is 6.22. The van der Waals surface area contributed by atoms with E-state index in [4.69, 9.17) is 5.73 Å². The Morgan fingerprint density at radius 2 is 2.14 bits per heavy atom. The molecular weight excluding hydrogens is 194 g/mol. The van der Waals surface area contributed by atoms with Crippen LogP contribution < -0.4 is 5.73 Å². The molecule has 4 heteroatoms. The first kappa shape index (κ1) is 11.6. The van der Waals surface area contributed by atoms with Gasteiger partial charge in [0.25, 0.3) is 0 Å². The zero-order valence-corrected chi connectivity index (χ0v) is 10.4. The van der Waals surface area contributed by atoms with Crippen molar-refractivity contribution in [1.29, 1.82) is 0 Å². The van der Waals surface area contributed by atoms with E-state index in [1.54, 1.807) is 11.8 Å². The van der Waals surface area contributed by atoms with Crippen molar-refractivity contribution in [2.45, 2.75) is 31.6 Å². The van der Waals surface area contributed by atoms with Crippen LogP contribution in [0.1, 0.15) is 31.4 Å². The molecule has 1 aromatic rings. The average Bonchev–Trinajstić information content (AvgIpc) is 2.47. The lowest BCUT2D eigenvalue weighted by molar-refractivity contribution is 0.532. The smallest absolute Gasteiger partial charge is 0.105 e. The van der Waals surface area contributed by atoms with Gasteiger partial charge in [-0.15, -0.1) is 0 Å². The highest BCUT2D eigenvalue weighted by Gasteiger charge is 2.28. The number of aromatic nitrogens is 2. The van der Waals surface area contributed by atoms with Gasteiger partial charge in [-0.1, -0.05) is 0 Å². The summed E-state index contributed by atoms with van der Waals surface area (Å²) in [5.41, 5.74) is 7.31. The minimum absolute atomic E-state index is 0.0173. The first-order chi connectivity index (χ1) is 6.40. The van der Waals surface area contributed by atoms with E-state index < -0.39 is 0 Å². The monoisotopic (exact) mass is 213 g/mol. The van der Waals surface area contributed by atoms with Crippen molar-refractivity contribution >= 4 is 11.8 Å². The molecule has 0 aliphatic carbocycles. The van der Waals surface area contributed by atoms with Gasteiger partial charge in [0.1, 0.15) is 5.82 Å². The van der Waals surface area contributed by atoms with Crippen LogP contribution in [0.25, 0.3) is 0 Å². The van der Waals surface area contributed by atoms with Crippen LogP contribution in [0.15, 0.2) is 6.20 Å². The number of thioether (sulfide) groups is 1. The highest BCUT2D eigenvalue weighted by atomic mass is 32.2. The van der Waals surface area contributed by atoms with E-state index in [2.05, 4.69) is 29.7 Å². The second-order valence-corrected chi connectivity index (χ2v) is 5.53. The summed E-state index contributed by atoms with van der Waals surface area (Å²) < 4.78 is 2.10. The summed E-state index contributed by atoms with van der Waals surface area (Å²) in [6.45, 7) is 6.30. The Morgan fingerprint density at radius 3 is 2.50 bits per heavy atom. The average molecular weight is 213 g/mol. The van der Waals surface area contributed by atoms with Gasteiger partial charge in [0.2, 0.25) is 0 Å². The summed E-state index contributed by atoms with van der Waals surface area (Å²) in [5, 5.41) is 0. The predicted octanol–water partition coefficient (Wildman–Crippen LogP) is 1.87. The van der Waals surface area contributed by atoms with E-state index in [0.29, 0.717) is 0 Å². The molecule has 1 atom stereocenters. The standard InChI is InChI=1S/C10H19N3S/c1-7-12-6-8(13(7)4)9(11)10(2,3)14-5/h6,9H,11H2,1-5H3. The van der Waals surface area contributed by atoms with E-state index in [1.165, 1.54) is 0 Å². The summed E-state index contributed by atoms with van der Waals surface area (Å²) in [4.78, 5) is 4.26. The van der Waals surface area contributed by atoms with Crippen molar-refractivity contribution in [3.63, 3.8) is 0 Å². The second-order valence-electron chi connectivity index (χ2n) is 4.07. The number of imidazole rings is 1. The number of aryl methyl sites for hydroxylation is 1. The second kappa shape index (κ2) is 3.95. The van der Waals surface area contributed by atoms with Crippen molar-refractivity contribution in [1.82, 2.24) is 9.55 Å². The van der Waals surface area contributed by atoms with Crippen LogP contribution in [-0.4, -0.2) is 20.6 Å². The molecule has 80 valence electrons. The molecule has 0 fully saturated rings. The zero-order valence-electron chi connectivity index (χ0n) is 9.53. The molecule has 3 nitrogen and oxygen atoms in total. The van der Waals surface area contributed by atoms with Crippen molar-refractivity contribution in [2.75, 3.05) is 6.26 Å². The van der Waals surface area contributed by atoms with E-state index in [0.717, 1.165) is 11.5 Å². The summed E-state index contributed by atoms with van der Waals surface area (Å²) in [7, 11) is 2.01. The van der Waals surface area contributed by atoms with Crippen molar-refractivity contribution in [3.8, 4) is 0 Å². The maximum atomic E-state index is 6.22. The lowest BCUT2D eigenvalue weighted by Gasteiger charge is -2.29. The minimum Gasteiger partial charge on any atom is -0.334 e. The van der Waals surface area contributed by atoms with Gasteiger partial charge in [0.15, 0.2) is 0 Å². The summed E-state index contributed by atoms with van der Waals surface area (Å²) in [6.07, 6.45) is 3.96. The number of rotatable bonds is 3. The summed E-state index contributed by atoms with van der Waals surface area (Å²) in [5.74, 6) is 1.01. The third-order valence-corrected chi connectivity index (χ3v) is 4.16. The van der Waals surface area contributed by atoms with Gasteiger partial charge in [-0.3, -0.25) is 0 Å². The first-order valence-corrected chi connectivity index (χ1v) is 5.91. The van der Waals surface area contributed by atoms with Crippen LogP contribution in [0.3, 0.4) is 0 Å². The Bertz CT molecular complexity index is 317. The topological polar surface area (TPSA) is 43.8 Å². The lowest BCUT2D eigenvalue weighted by Crippen LogP contribution is -2.33. The van der Waals surface area contributed by atoms with E-state index in [9.17, 15) is 0 Å². The predicted molar refractivity (Wildman–Crippen MR) is 62.5 cm³/mol. The Balaban J connectivity index is 3.00. The third kappa shape index (κ3) is 1.96. The van der Waals surface area contributed by atoms with Crippen LogP contribution in [0.2, 0.25) is 0 Å². The molecule has 0 amide bonds. The largest absolute Gasteiger partial charge is 0.334 e. The van der Waals surface area contributed by atoms with E-state index in [1.807, 2.05) is 20.2 Å². The minimum atomic E-state index is 0.0173. The first-order valence-electron chi connectivity index (χ1n) is 4.69. The normalized spacial score (nSPS) is 14.4. The fourth-order valence-corrected chi connectivity index (χ4v) is 1.67. The van der Waals surface area contributed by atoms with Gasteiger partial charge in [0.05, 0.1) is 17.9 Å². The molecule has 1 heterocycles. The van der Waals surface area contributed by atoms with Crippen molar-refractivity contribution < 1.29 is 0 Å². The molecule has 0 bridgehead atoms. The number of hydrogen-bond donors (Lipinski definition) is 1. The molecule has 2 N–H and O–H groups in total. The Morgan fingerprint density at radius 1 is 1.57 bits per heavy atom. The molecule has 0 aliphatic rings.